The summed E-state index contributed by atoms with van der Waals surface area (Å²) >= 11 is 12.3. The van der Waals surface area contributed by atoms with Gasteiger partial charge < -0.3 is 0 Å². The van der Waals surface area contributed by atoms with Crippen LogP contribution in [0.15, 0.2) is 44.2 Å². The van der Waals surface area contributed by atoms with Crippen molar-refractivity contribution < 1.29 is 8.42 Å². The van der Waals surface area contributed by atoms with Gasteiger partial charge in [-0.2, -0.15) is 0 Å². The molecule has 0 fully saturated rings. The molecule has 0 saturated heterocycles. The first-order chi connectivity index (χ1) is 9.29. The number of halogens is 3. The van der Waals surface area contributed by atoms with Crippen LogP contribution in [0.25, 0.3) is 0 Å². The van der Waals surface area contributed by atoms with Gasteiger partial charge in [-0.05, 0) is 52.7 Å². The molecular weight excluding hydrogens is 431 g/mol. The Balaban J connectivity index is 2.43. The molecule has 1 aromatic heterocycles. The predicted molar refractivity (Wildman–Crippen MR) is 86.6 cm³/mol. The van der Waals surface area contributed by atoms with Gasteiger partial charge in [-0.3, -0.25) is 4.72 Å². The maximum absolute atomic E-state index is 12.4. The summed E-state index contributed by atoms with van der Waals surface area (Å²) in [7, 11) is -3.75. The Morgan fingerprint density at radius 2 is 1.90 bits per heavy atom. The van der Waals surface area contributed by atoms with Crippen LogP contribution >= 0.6 is 43.5 Å². The predicted octanol–water partition coefficient (Wildman–Crippen LogP) is 4.37. The maximum atomic E-state index is 12.4. The van der Waals surface area contributed by atoms with E-state index in [1.54, 1.807) is 18.2 Å². The lowest BCUT2D eigenvalue weighted by molar-refractivity contribution is 0.600. The fourth-order valence-corrected chi connectivity index (χ4v) is 4.34. The Morgan fingerprint density at radius 3 is 2.55 bits per heavy atom. The van der Waals surface area contributed by atoms with Crippen molar-refractivity contribution in [3.63, 3.8) is 0 Å². The van der Waals surface area contributed by atoms with Gasteiger partial charge in [0.2, 0.25) is 0 Å². The van der Waals surface area contributed by atoms with Crippen molar-refractivity contribution in [3.05, 3.63) is 50.0 Å². The third kappa shape index (κ3) is 3.52. The molecule has 0 saturated carbocycles. The zero-order valence-electron chi connectivity index (χ0n) is 10.2. The summed E-state index contributed by atoms with van der Waals surface area (Å²) in [6.07, 6.45) is 0. The van der Waals surface area contributed by atoms with Crippen molar-refractivity contribution in [1.29, 1.82) is 0 Å². The maximum Gasteiger partial charge on any atom is 0.264 e. The fourth-order valence-electron chi connectivity index (χ4n) is 1.49. The van der Waals surface area contributed by atoms with Gasteiger partial charge in [0.1, 0.15) is 15.9 Å². The zero-order chi connectivity index (χ0) is 14.9. The van der Waals surface area contributed by atoms with Crippen molar-refractivity contribution in [1.82, 2.24) is 4.98 Å². The van der Waals surface area contributed by atoms with Crippen molar-refractivity contribution >= 4 is 59.3 Å². The summed E-state index contributed by atoms with van der Waals surface area (Å²) < 4.78 is 28.3. The number of benzene rings is 1. The Morgan fingerprint density at radius 1 is 1.20 bits per heavy atom. The molecule has 0 aliphatic carbocycles. The summed E-state index contributed by atoms with van der Waals surface area (Å²) in [5.41, 5.74) is 0.928. The molecular formula is C12H9Br2ClN2O2S. The quantitative estimate of drug-likeness (QED) is 0.721. The lowest BCUT2D eigenvalue weighted by Gasteiger charge is -2.10. The van der Waals surface area contributed by atoms with Gasteiger partial charge in [-0.25, -0.2) is 13.4 Å². The summed E-state index contributed by atoms with van der Waals surface area (Å²) in [6.45, 7) is 1.87. The van der Waals surface area contributed by atoms with Crippen LogP contribution in [-0.2, 0) is 10.0 Å². The van der Waals surface area contributed by atoms with E-state index in [-0.39, 0.29) is 15.9 Å². The van der Waals surface area contributed by atoms with E-state index in [4.69, 9.17) is 11.6 Å². The van der Waals surface area contributed by atoms with Crippen LogP contribution in [0.3, 0.4) is 0 Å². The third-order valence-corrected chi connectivity index (χ3v) is 5.83. The number of nitrogens with one attached hydrogen (secondary N) is 1. The second-order valence-electron chi connectivity index (χ2n) is 3.98. The molecule has 2 aromatic rings. The zero-order valence-corrected chi connectivity index (χ0v) is 14.9. The molecule has 8 heteroatoms. The third-order valence-electron chi connectivity index (χ3n) is 2.46. The average molecular weight is 441 g/mol. The van der Waals surface area contributed by atoms with E-state index in [0.717, 1.165) is 5.56 Å². The van der Waals surface area contributed by atoms with E-state index < -0.39 is 10.0 Å². The van der Waals surface area contributed by atoms with E-state index in [9.17, 15) is 8.42 Å². The van der Waals surface area contributed by atoms with Crippen LogP contribution in [0.2, 0.25) is 5.15 Å². The number of nitrogens with zero attached hydrogens (tertiary/aromatic N) is 1. The Kier molecular flexibility index (Phi) is 4.73. The van der Waals surface area contributed by atoms with Crippen molar-refractivity contribution in [3.8, 4) is 0 Å². The van der Waals surface area contributed by atoms with Crippen molar-refractivity contribution in [2.45, 2.75) is 11.8 Å². The smallest absolute Gasteiger partial charge is 0.263 e. The summed E-state index contributed by atoms with van der Waals surface area (Å²) in [6, 6.07) is 7.97. The summed E-state index contributed by atoms with van der Waals surface area (Å²) in [5.74, 6) is 0.168. The number of pyridine rings is 1. The largest absolute Gasteiger partial charge is 0.264 e. The normalized spacial score (nSPS) is 11.4. The topological polar surface area (TPSA) is 59.1 Å². The van der Waals surface area contributed by atoms with Crippen molar-refractivity contribution in [2.75, 3.05) is 4.72 Å². The van der Waals surface area contributed by atoms with Crippen LogP contribution in [-0.4, -0.2) is 13.4 Å². The number of sulfonamides is 1. The number of hydrogen-bond acceptors (Lipinski definition) is 3. The lowest BCUT2D eigenvalue weighted by Crippen LogP contribution is -2.14. The van der Waals surface area contributed by atoms with Gasteiger partial charge in [0.05, 0.1) is 0 Å². The van der Waals surface area contributed by atoms with Crippen molar-refractivity contribution in [2.24, 2.45) is 0 Å². The fraction of sp³-hybridized carbons (Fsp3) is 0.0833. The molecule has 1 heterocycles. The summed E-state index contributed by atoms with van der Waals surface area (Å²) in [4.78, 5) is 4.02. The number of rotatable bonds is 3. The molecule has 20 heavy (non-hydrogen) atoms. The van der Waals surface area contributed by atoms with Gasteiger partial charge in [0, 0.05) is 8.95 Å². The van der Waals surface area contributed by atoms with E-state index >= 15 is 0 Å². The summed E-state index contributed by atoms with van der Waals surface area (Å²) in [5, 5.41) is 0.217. The second-order valence-corrected chi connectivity index (χ2v) is 7.73. The molecule has 0 spiro atoms. The molecule has 0 atom stereocenters. The molecule has 1 aromatic carbocycles. The molecule has 0 aliphatic rings. The molecule has 0 radical (unpaired) electrons. The molecule has 0 unspecified atom stereocenters. The van der Waals surface area contributed by atoms with Gasteiger partial charge in [-0.1, -0.05) is 33.6 Å². The molecule has 2 rings (SSSR count). The highest BCUT2D eigenvalue weighted by atomic mass is 79.9. The Labute approximate surface area is 138 Å². The van der Waals surface area contributed by atoms with E-state index in [0.29, 0.717) is 8.95 Å². The number of hydrogen-bond donors (Lipinski definition) is 1. The lowest BCUT2D eigenvalue weighted by atomic mass is 10.2. The van der Waals surface area contributed by atoms with Gasteiger partial charge >= 0.3 is 0 Å². The van der Waals surface area contributed by atoms with E-state index in [2.05, 4.69) is 41.6 Å². The molecule has 1 N–H and O–H groups in total. The monoisotopic (exact) mass is 438 g/mol. The number of anilines is 1. The van der Waals surface area contributed by atoms with Crippen LogP contribution in [0.1, 0.15) is 5.56 Å². The average Bonchev–Trinajstić information content (AvgIpc) is 2.33. The highest BCUT2D eigenvalue weighted by molar-refractivity contribution is 9.11. The van der Waals surface area contributed by atoms with Crippen LogP contribution in [0.5, 0.6) is 0 Å². The van der Waals surface area contributed by atoms with Gasteiger partial charge in [0.25, 0.3) is 10.0 Å². The molecule has 106 valence electrons. The Hall–Kier alpha value is -0.630. The van der Waals surface area contributed by atoms with E-state index in [1.165, 1.54) is 12.1 Å². The minimum absolute atomic E-state index is 0.122. The minimum Gasteiger partial charge on any atom is -0.263 e. The number of aromatic nitrogens is 1. The highest BCUT2D eigenvalue weighted by Crippen LogP contribution is 2.29. The minimum atomic E-state index is -3.75. The first kappa shape index (κ1) is 15.8. The SMILES string of the molecule is Cc1cc(Br)c(S(=O)(=O)Nc2cccc(Cl)n2)cc1Br. The molecule has 0 bridgehead atoms. The first-order valence-electron chi connectivity index (χ1n) is 5.40. The van der Waals surface area contributed by atoms with E-state index in [1.807, 2.05) is 6.92 Å². The van der Waals surface area contributed by atoms with Crippen LogP contribution in [0, 0.1) is 6.92 Å². The number of aryl methyl sites for hydroxylation is 1. The molecule has 0 aliphatic heterocycles. The first-order valence-corrected chi connectivity index (χ1v) is 8.85. The van der Waals surface area contributed by atoms with Gasteiger partial charge in [0.15, 0.2) is 0 Å². The van der Waals surface area contributed by atoms with Gasteiger partial charge in [-0.15, -0.1) is 0 Å². The van der Waals surface area contributed by atoms with Crippen LogP contribution < -0.4 is 4.72 Å². The molecule has 4 nitrogen and oxygen atoms in total. The molecule has 0 amide bonds. The van der Waals surface area contributed by atoms with Crippen LogP contribution in [0.4, 0.5) is 5.82 Å². The second kappa shape index (κ2) is 6.01. The highest BCUT2D eigenvalue weighted by Gasteiger charge is 2.19. The Bertz CT molecular complexity index is 766. The standard InChI is InChI=1S/C12H9Br2ClN2O2S/c1-7-5-9(14)10(6-8(7)13)20(18,19)17-12-4-2-3-11(15)16-12/h2-6H,1H3,(H,16,17).